The third kappa shape index (κ3) is 7.26. The molecule has 0 aromatic heterocycles. The second-order valence-electron chi connectivity index (χ2n) is 17.5. The van der Waals surface area contributed by atoms with Crippen LogP contribution in [0.2, 0.25) is 0 Å². The number of Topliss-reactive ketones (excluding diaryl/α,β-unsaturated/α-hetero) is 1. The molecule has 10 atom stereocenters. The summed E-state index contributed by atoms with van der Waals surface area (Å²) in [6, 6.07) is 15.8. The van der Waals surface area contributed by atoms with Crippen LogP contribution in [0.1, 0.15) is 96.6 Å². The monoisotopic (exact) mass is 791 g/mol. The van der Waals surface area contributed by atoms with E-state index in [2.05, 4.69) is 5.32 Å². The van der Waals surface area contributed by atoms with Gasteiger partial charge in [0.1, 0.15) is 35.6 Å². The molecule has 6 rings (SSSR count). The lowest BCUT2D eigenvalue weighted by Crippen LogP contribution is -2.81. The molecule has 1 aliphatic heterocycles. The van der Waals surface area contributed by atoms with Gasteiger partial charge in [-0.05, 0) is 63.5 Å². The lowest BCUT2D eigenvalue weighted by molar-refractivity contribution is -0.345. The van der Waals surface area contributed by atoms with Crippen LogP contribution in [0, 0.1) is 16.7 Å². The molecule has 1 heterocycles. The average molecular weight is 792 g/mol. The fraction of sp³-hybridized carbons (Fsp3) is 0.558. The molecule has 308 valence electrons. The van der Waals surface area contributed by atoms with E-state index >= 15 is 0 Å². The Hall–Kier alpha value is -4.63. The van der Waals surface area contributed by atoms with Gasteiger partial charge in [-0.2, -0.15) is 0 Å². The Kier molecular flexibility index (Phi) is 11.0. The van der Waals surface area contributed by atoms with Gasteiger partial charge in [-0.25, -0.2) is 9.59 Å². The van der Waals surface area contributed by atoms with E-state index in [-0.39, 0.29) is 36.2 Å². The Balaban J connectivity index is 1.47. The Bertz CT molecular complexity index is 1940. The number of nitrogens with one attached hydrogen (secondary N) is 1. The van der Waals surface area contributed by atoms with Crippen LogP contribution >= 0.6 is 0 Å². The SMILES string of the molecule is CC(=O)OC12COC1CC(O)C1(C)C(=O)C(O)C3=C(C)[C@H](OC(=O)CC(NC(=O)OC(C)(C)C)c4ccccc4)CC(O)([C@H](OC(=O)c4ccccc4)C21)C3(C)C. The van der Waals surface area contributed by atoms with Gasteiger partial charge in [0.15, 0.2) is 11.4 Å². The summed E-state index contributed by atoms with van der Waals surface area (Å²) in [6.45, 7) is 12.2. The van der Waals surface area contributed by atoms with E-state index in [0.29, 0.717) is 5.56 Å². The number of hydrogen-bond donors (Lipinski definition) is 4. The maximum atomic E-state index is 14.9. The predicted molar refractivity (Wildman–Crippen MR) is 202 cm³/mol. The molecule has 4 aliphatic rings. The Morgan fingerprint density at radius 1 is 0.965 bits per heavy atom. The van der Waals surface area contributed by atoms with Gasteiger partial charge in [0.05, 0.1) is 42.1 Å². The zero-order chi connectivity index (χ0) is 41.9. The molecular weight excluding hydrogens is 738 g/mol. The highest BCUT2D eigenvalue weighted by Gasteiger charge is 2.78. The molecule has 1 saturated heterocycles. The number of rotatable bonds is 8. The van der Waals surface area contributed by atoms with Gasteiger partial charge in [0.2, 0.25) is 0 Å². The van der Waals surface area contributed by atoms with E-state index in [0.717, 1.165) is 0 Å². The first-order chi connectivity index (χ1) is 26.6. The van der Waals surface area contributed by atoms with E-state index in [1.807, 2.05) is 0 Å². The minimum Gasteiger partial charge on any atom is -0.458 e. The first-order valence-corrected chi connectivity index (χ1v) is 19.2. The van der Waals surface area contributed by atoms with Crippen LogP contribution in [0.25, 0.3) is 0 Å². The van der Waals surface area contributed by atoms with Crippen LogP contribution < -0.4 is 5.32 Å². The minimum absolute atomic E-state index is 0.0201. The van der Waals surface area contributed by atoms with Crippen LogP contribution in [0.15, 0.2) is 71.8 Å². The lowest BCUT2D eigenvalue weighted by atomic mass is 9.44. The average Bonchev–Trinajstić information content (AvgIpc) is 3.12. The molecule has 2 saturated carbocycles. The van der Waals surface area contributed by atoms with Crippen LogP contribution in [0.5, 0.6) is 0 Å². The van der Waals surface area contributed by atoms with Crippen molar-refractivity contribution >= 4 is 29.8 Å². The van der Waals surface area contributed by atoms with Crippen molar-refractivity contribution in [1.29, 1.82) is 0 Å². The highest BCUT2D eigenvalue weighted by molar-refractivity contribution is 5.94. The van der Waals surface area contributed by atoms with E-state index in [1.54, 1.807) is 90.1 Å². The van der Waals surface area contributed by atoms with Gasteiger partial charge in [0.25, 0.3) is 0 Å². The molecule has 3 fully saturated rings. The molecule has 8 unspecified atom stereocenters. The zero-order valence-corrected chi connectivity index (χ0v) is 33.6. The first-order valence-electron chi connectivity index (χ1n) is 19.2. The number of esters is 3. The van der Waals surface area contributed by atoms with E-state index in [1.165, 1.54) is 26.0 Å². The molecule has 14 heteroatoms. The normalized spacial score (nSPS) is 33.5. The topological polar surface area (TPSA) is 204 Å². The van der Waals surface area contributed by atoms with Crippen molar-refractivity contribution in [3.63, 3.8) is 0 Å². The quantitative estimate of drug-likeness (QED) is 0.168. The summed E-state index contributed by atoms with van der Waals surface area (Å²) < 4.78 is 29.8. The number of ketones is 1. The standard InChI is InChI=1S/C43H53NO13/c1-23-28(54-31(47)19-27(25-15-11-9-12-16-25)44-38(51)57-39(3,4)5)21-43(52)36(55-37(50)26-17-13-10-14-18-26)34-41(8,35(49)33(48)32(23)40(43,6)7)29(46)20-30-42(34,22-53-30)56-24(2)45/h9-18,27-30,33-34,36,46,48,52H,19-22H2,1-8H3,(H,44,51)/t27?,28-,29?,30?,33?,34?,36-,41?,42?,43?/m1/s1. The van der Waals surface area contributed by atoms with Crippen LogP contribution in [0.3, 0.4) is 0 Å². The van der Waals surface area contributed by atoms with Gasteiger partial charge in [-0.3, -0.25) is 14.4 Å². The zero-order valence-electron chi connectivity index (χ0n) is 33.6. The van der Waals surface area contributed by atoms with Crippen molar-refractivity contribution in [2.45, 2.75) is 128 Å². The van der Waals surface area contributed by atoms with Crippen molar-refractivity contribution in [3.05, 3.63) is 82.9 Å². The fourth-order valence-corrected chi connectivity index (χ4v) is 9.53. The molecule has 2 aromatic rings. The number of fused-ring (bicyclic) bond motifs is 5. The van der Waals surface area contributed by atoms with Gasteiger partial charge < -0.3 is 44.3 Å². The molecule has 3 aliphatic carbocycles. The molecule has 4 N–H and O–H groups in total. The smallest absolute Gasteiger partial charge is 0.408 e. The number of ether oxygens (including phenoxy) is 5. The summed E-state index contributed by atoms with van der Waals surface area (Å²) in [5.74, 6) is -4.75. The van der Waals surface area contributed by atoms with E-state index < -0.39 is 106 Å². The first kappa shape index (κ1) is 42.0. The van der Waals surface area contributed by atoms with E-state index in [4.69, 9.17) is 23.7 Å². The number of carbonyl (C=O) groups excluding carboxylic acids is 5. The summed E-state index contributed by atoms with van der Waals surface area (Å²) in [5, 5.41) is 40.2. The maximum Gasteiger partial charge on any atom is 0.408 e. The number of aliphatic hydroxyl groups is 3. The van der Waals surface area contributed by atoms with Crippen molar-refractivity contribution in [1.82, 2.24) is 5.32 Å². The van der Waals surface area contributed by atoms with Crippen molar-refractivity contribution in [2.24, 2.45) is 16.7 Å². The van der Waals surface area contributed by atoms with Crippen LogP contribution in [-0.4, -0.2) is 99.0 Å². The van der Waals surface area contributed by atoms with Crippen molar-refractivity contribution < 1.29 is 63.0 Å². The molecule has 2 aromatic carbocycles. The van der Waals surface area contributed by atoms with Crippen molar-refractivity contribution in [2.75, 3.05) is 6.61 Å². The number of aliphatic hydroxyl groups excluding tert-OH is 2. The largest absolute Gasteiger partial charge is 0.458 e. The van der Waals surface area contributed by atoms with Crippen LogP contribution in [-0.2, 0) is 38.1 Å². The molecule has 0 spiro atoms. The molecular formula is C43H53NO13. The number of carbonyl (C=O) groups is 5. The number of hydrogen-bond acceptors (Lipinski definition) is 13. The fourth-order valence-electron chi connectivity index (χ4n) is 9.53. The second-order valence-corrected chi connectivity index (χ2v) is 17.5. The Labute approximate surface area is 331 Å². The second kappa shape index (κ2) is 14.9. The predicted octanol–water partition coefficient (Wildman–Crippen LogP) is 4.29. The highest BCUT2D eigenvalue weighted by Crippen LogP contribution is 2.64. The number of alkyl carbamates (subject to hydrolysis) is 1. The third-order valence-electron chi connectivity index (χ3n) is 12.5. The maximum absolute atomic E-state index is 14.9. The molecule has 57 heavy (non-hydrogen) atoms. The Morgan fingerprint density at radius 2 is 1.58 bits per heavy atom. The summed E-state index contributed by atoms with van der Waals surface area (Å²) in [4.78, 5) is 68.8. The van der Waals surface area contributed by atoms with Gasteiger partial charge >= 0.3 is 24.0 Å². The molecule has 14 nitrogen and oxygen atoms in total. The molecule has 0 radical (unpaired) electrons. The number of benzene rings is 2. The van der Waals surface area contributed by atoms with E-state index in [9.17, 15) is 39.3 Å². The highest BCUT2D eigenvalue weighted by atomic mass is 16.6. The summed E-state index contributed by atoms with van der Waals surface area (Å²) in [5.41, 5.74) is -7.31. The number of amides is 1. The van der Waals surface area contributed by atoms with Gasteiger partial charge in [0, 0.05) is 25.2 Å². The minimum atomic E-state index is -2.26. The summed E-state index contributed by atoms with van der Waals surface area (Å²) >= 11 is 0. The van der Waals surface area contributed by atoms with Gasteiger partial charge in [-0.15, -0.1) is 0 Å². The summed E-state index contributed by atoms with van der Waals surface area (Å²) in [7, 11) is 0. The van der Waals surface area contributed by atoms with Crippen LogP contribution in [0.4, 0.5) is 4.79 Å². The lowest BCUT2D eigenvalue weighted by Gasteiger charge is -2.67. The summed E-state index contributed by atoms with van der Waals surface area (Å²) in [6.07, 6.45) is -9.11. The molecule has 2 bridgehead atoms. The Morgan fingerprint density at radius 3 is 2.14 bits per heavy atom. The van der Waals surface area contributed by atoms with Gasteiger partial charge in [-0.1, -0.05) is 62.4 Å². The third-order valence-corrected chi connectivity index (χ3v) is 12.5. The van der Waals surface area contributed by atoms with Crippen molar-refractivity contribution in [3.8, 4) is 0 Å². The molecule has 1 amide bonds.